The van der Waals surface area contributed by atoms with Gasteiger partial charge in [-0.15, -0.1) is 0 Å². The molecule has 0 amide bonds. The Labute approximate surface area is 94.7 Å². The Hall–Kier alpha value is -1.42. The van der Waals surface area contributed by atoms with Crippen LogP contribution in [0.4, 0.5) is 0 Å². The van der Waals surface area contributed by atoms with Gasteiger partial charge in [-0.2, -0.15) is 0 Å². The minimum absolute atomic E-state index is 0.539. The quantitative estimate of drug-likeness (QED) is 0.782. The summed E-state index contributed by atoms with van der Waals surface area (Å²) >= 11 is 0. The Bertz CT molecular complexity index is 523. The Morgan fingerprint density at radius 1 is 1.44 bits per heavy atom. The molecule has 3 heterocycles. The highest BCUT2D eigenvalue weighted by molar-refractivity contribution is 5.71. The Morgan fingerprint density at radius 2 is 2.31 bits per heavy atom. The highest BCUT2D eigenvalue weighted by Crippen LogP contribution is 2.24. The van der Waals surface area contributed by atoms with Crippen LogP contribution in [0.1, 0.15) is 23.7 Å². The highest BCUT2D eigenvalue weighted by atomic mass is 15.0. The van der Waals surface area contributed by atoms with Crippen molar-refractivity contribution in [3.8, 4) is 0 Å². The normalized spacial score (nSPS) is 20.8. The van der Waals surface area contributed by atoms with Crippen molar-refractivity contribution >= 4 is 11.2 Å². The third-order valence-corrected chi connectivity index (χ3v) is 3.35. The fourth-order valence-electron chi connectivity index (χ4n) is 2.43. The van der Waals surface area contributed by atoms with E-state index in [1.807, 2.05) is 23.9 Å². The van der Waals surface area contributed by atoms with E-state index >= 15 is 0 Å². The topological polar surface area (TPSA) is 42.7 Å². The molecule has 0 bridgehead atoms. The third-order valence-electron chi connectivity index (χ3n) is 3.35. The van der Waals surface area contributed by atoms with Crippen molar-refractivity contribution in [3.05, 3.63) is 23.7 Å². The van der Waals surface area contributed by atoms with Gasteiger partial charge in [0.05, 0.1) is 11.4 Å². The molecule has 84 valence electrons. The van der Waals surface area contributed by atoms with Crippen LogP contribution in [0, 0.1) is 6.92 Å². The van der Waals surface area contributed by atoms with Crippen molar-refractivity contribution < 1.29 is 0 Å². The molecule has 16 heavy (non-hydrogen) atoms. The van der Waals surface area contributed by atoms with E-state index in [1.54, 1.807) is 0 Å². The molecule has 1 N–H and O–H groups in total. The SMILES string of the molecule is Cc1nc2c(ccn2C)nc1C1CCNC1. The second-order valence-corrected chi connectivity index (χ2v) is 4.52. The summed E-state index contributed by atoms with van der Waals surface area (Å²) in [6.07, 6.45) is 3.19. The lowest BCUT2D eigenvalue weighted by atomic mass is 10.0. The Kier molecular flexibility index (Phi) is 2.17. The molecule has 1 aliphatic rings. The van der Waals surface area contributed by atoms with Gasteiger partial charge < -0.3 is 9.88 Å². The largest absolute Gasteiger partial charge is 0.334 e. The molecule has 4 nitrogen and oxygen atoms in total. The van der Waals surface area contributed by atoms with Gasteiger partial charge in [-0.05, 0) is 26.0 Å². The first-order chi connectivity index (χ1) is 7.75. The van der Waals surface area contributed by atoms with Gasteiger partial charge in [0, 0.05) is 25.7 Å². The fraction of sp³-hybridized carbons (Fsp3) is 0.500. The number of nitrogens with one attached hydrogen (secondary N) is 1. The summed E-state index contributed by atoms with van der Waals surface area (Å²) in [5.41, 5.74) is 4.23. The van der Waals surface area contributed by atoms with Crippen molar-refractivity contribution in [1.29, 1.82) is 0 Å². The van der Waals surface area contributed by atoms with Crippen LogP contribution in [-0.4, -0.2) is 27.6 Å². The van der Waals surface area contributed by atoms with Gasteiger partial charge in [-0.25, -0.2) is 9.97 Å². The van der Waals surface area contributed by atoms with E-state index in [4.69, 9.17) is 4.98 Å². The van der Waals surface area contributed by atoms with Gasteiger partial charge in [0.15, 0.2) is 5.65 Å². The van der Waals surface area contributed by atoms with Gasteiger partial charge in [0.1, 0.15) is 5.52 Å². The van der Waals surface area contributed by atoms with E-state index in [1.165, 1.54) is 12.1 Å². The average molecular weight is 216 g/mol. The minimum atomic E-state index is 0.539. The van der Waals surface area contributed by atoms with Crippen LogP contribution in [-0.2, 0) is 7.05 Å². The summed E-state index contributed by atoms with van der Waals surface area (Å²) in [5.74, 6) is 0.539. The van der Waals surface area contributed by atoms with Crippen molar-refractivity contribution in [2.24, 2.45) is 7.05 Å². The number of nitrogens with zero attached hydrogens (tertiary/aromatic N) is 3. The first-order valence-electron chi connectivity index (χ1n) is 5.76. The molecule has 1 atom stereocenters. The lowest BCUT2D eigenvalue weighted by Gasteiger charge is -2.10. The van der Waals surface area contributed by atoms with Crippen LogP contribution in [0.5, 0.6) is 0 Å². The molecular weight excluding hydrogens is 200 g/mol. The molecule has 2 aromatic rings. The second kappa shape index (κ2) is 3.56. The minimum Gasteiger partial charge on any atom is -0.334 e. The molecule has 0 radical (unpaired) electrons. The van der Waals surface area contributed by atoms with E-state index in [-0.39, 0.29) is 0 Å². The third kappa shape index (κ3) is 1.41. The predicted octanol–water partition coefficient (Wildman–Crippen LogP) is 1.35. The number of aromatic nitrogens is 3. The number of fused-ring (bicyclic) bond motifs is 1. The van der Waals surface area contributed by atoms with Gasteiger partial charge in [-0.1, -0.05) is 0 Å². The van der Waals surface area contributed by atoms with Gasteiger partial charge in [0.2, 0.25) is 0 Å². The lowest BCUT2D eigenvalue weighted by Crippen LogP contribution is -2.11. The monoisotopic (exact) mass is 216 g/mol. The summed E-state index contributed by atoms with van der Waals surface area (Å²) < 4.78 is 2.02. The smallest absolute Gasteiger partial charge is 0.158 e. The molecule has 0 aliphatic carbocycles. The van der Waals surface area contributed by atoms with Crippen LogP contribution in [0.25, 0.3) is 11.2 Å². The average Bonchev–Trinajstić information content (AvgIpc) is 2.89. The van der Waals surface area contributed by atoms with Crippen molar-refractivity contribution in [1.82, 2.24) is 19.9 Å². The van der Waals surface area contributed by atoms with Gasteiger partial charge in [-0.3, -0.25) is 0 Å². The van der Waals surface area contributed by atoms with E-state index < -0.39 is 0 Å². The molecule has 0 saturated carbocycles. The number of hydrogen-bond donors (Lipinski definition) is 1. The van der Waals surface area contributed by atoms with Crippen molar-refractivity contribution in [2.75, 3.05) is 13.1 Å². The van der Waals surface area contributed by atoms with Crippen LogP contribution in [0.2, 0.25) is 0 Å². The standard InChI is InChI=1S/C12H16N4/c1-8-11(9-3-5-13-7-9)15-10-4-6-16(2)12(10)14-8/h4,6,9,13H,3,5,7H2,1-2H3. The maximum absolute atomic E-state index is 4.75. The molecule has 1 saturated heterocycles. The molecule has 4 heteroatoms. The Morgan fingerprint density at radius 3 is 3.06 bits per heavy atom. The number of hydrogen-bond acceptors (Lipinski definition) is 3. The second-order valence-electron chi connectivity index (χ2n) is 4.52. The molecule has 2 aromatic heterocycles. The van der Waals surface area contributed by atoms with Crippen LogP contribution < -0.4 is 5.32 Å². The summed E-state index contributed by atoms with van der Waals surface area (Å²) in [6.45, 7) is 4.19. The number of aryl methyl sites for hydroxylation is 2. The highest BCUT2D eigenvalue weighted by Gasteiger charge is 2.21. The van der Waals surface area contributed by atoms with E-state index in [2.05, 4.69) is 17.2 Å². The fourth-order valence-corrected chi connectivity index (χ4v) is 2.43. The predicted molar refractivity (Wildman–Crippen MR) is 63.5 cm³/mol. The maximum atomic E-state index is 4.75. The molecule has 3 rings (SSSR count). The maximum Gasteiger partial charge on any atom is 0.158 e. The van der Waals surface area contributed by atoms with Crippen LogP contribution >= 0.6 is 0 Å². The van der Waals surface area contributed by atoms with E-state index in [0.29, 0.717) is 5.92 Å². The molecule has 0 spiro atoms. The van der Waals surface area contributed by atoms with Crippen LogP contribution in [0.3, 0.4) is 0 Å². The zero-order chi connectivity index (χ0) is 11.1. The van der Waals surface area contributed by atoms with Gasteiger partial charge >= 0.3 is 0 Å². The van der Waals surface area contributed by atoms with Crippen molar-refractivity contribution in [2.45, 2.75) is 19.3 Å². The summed E-state index contributed by atoms with van der Waals surface area (Å²) in [6, 6.07) is 2.04. The summed E-state index contributed by atoms with van der Waals surface area (Å²) in [5, 5.41) is 3.38. The molecular formula is C12H16N4. The zero-order valence-electron chi connectivity index (χ0n) is 9.70. The van der Waals surface area contributed by atoms with E-state index in [9.17, 15) is 0 Å². The molecule has 0 aromatic carbocycles. The first kappa shape index (κ1) is 9.78. The summed E-state index contributed by atoms with van der Waals surface area (Å²) in [7, 11) is 2.01. The number of rotatable bonds is 1. The Balaban J connectivity index is 2.14. The zero-order valence-corrected chi connectivity index (χ0v) is 9.70. The summed E-state index contributed by atoms with van der Waals surface area (Å²) in [4.78, 5) is 9.41. The molecule has 1 unspecified atom stereocenters. The first-order valence-corrected chi connectivity index (χ1v) is 5.76. The van der Waals surface area contributed by atoms with Crippen molar-refractivity contribution in [3.63, 3.8) is 0 Å². The lowest BCUT2D eigenvalue weighted by molar-refractivity contribution is 0.724. The van der Waals surface area contributed by atoms with Gasteiger partial charge in [0.25, 0.3) is 0 Å². The molecule has 1 aliphatic heterocycles. The molecule has 1 fully saturated rings. The van der Waals surface area contributed by atoms with Crippen LogP contribution in [0.15, 0.2) is 12.3 Å². The van der Waals surface area contributed by atoms with E-state index in [0.717, 1.165) is 29.9 Å².